The third kappa shape index (κ3) is 4.16. The van der Waals surface area contributed by atoms with Gasteiger partial charge < -0.3 is 10.2 Å². The Morgan fingerprint density at radius 3 is 2.48 bits per heavy atom. The number of hydrogen-bond donors (Lipinski definition) is 1. The molecule has 0 spiro atoms. The molecule has 0 atom stereocenters. The SMILES string of the molecule is CC1(C)CN(CC(=O)Nc2ccc(F)cc2F)c2ccc(S(=O)(=O)N3CCCC3)cc21. The monoisotopic (exact) mass is 449 g/mol. The van der Waals surface area contributed by atoms with Crippen LogP contribution in [0.1, 0.15) is 32.3 Å². The molecular weight excluding hydrogens is 424 g/mol. The van der Waals surface area contributed by atoms with Crippen LogP contribution in [0.25, 0.3) is 0 Å². The van der Waals surface area contributed by atoms with E-state index < -0.39 is 27.6 Å². The van der Waals surface area contributed by atoms with E-state index in [1.54, 1.807) is 18.2 Å². The highest BCUT2D eigenvalue weighted by Crippen LogP contribution is 2.42. The molecule has 0 aromatic heterocycles. The Hall–Kier alpha value is -2.52. The van der Waals surface area contributed by atoms with Crippen molar-refractivity contribution in [2.24, 2.45) is 0 Å². The normalized spacial score (nSPS) is 18.3. The number of halogens is 2. The topological polar surface area (TPSA) is 69.7 Å². The predicted octanol–water partition coefficient (Wildman–Crippen LogP) is 3.49. The highest BCUT2D eigenvalue weighted by Gasteiger charge is 2.38. The summed E-state index contributed by atoms with van der Waals surface area (Å²) in [4.78, 5) is 14.6. The van der Waals surface area contributed by atoms with Crippen molar-refractivity contribution in [2.45, 2.75) is 37.0 Å². The van der Waals surface area contributed by atoms with Crippen LogP contribution in [0.3, 0.4) is 0 Å². The number of amides is 1. The van der Waals surface area contributed by atoms with Crippen LogP contribution in [-0.2, 0) is 20.2 Å². The van der Waals surface area contributed by atoms with E-state index in [4.69, 9.17) is 0 Å². The molecule has 1 amide bonds. The van der Waals surface area contributed by atoms with Crippen LogP contribution in [0.15, 0.2) is 41.3 Å². The van der Waals surface area contributed by atoms with Crippen LogP contribution >= 0.6 is 0 Å². The first-order chi connectivity index (χ1) is 14.6. The van der Waals surface area contributed by atoms with Gasteiger partial charge in [0.05, 0.1) is 17.1 Å². The van der Waals surface area contributed by atoms with Gasteiger partial charge in [-0.15, -0.1) is 0 Å². The fourth-order valence-corrected chi connectivity index (χ4v) is 5.86. The molecule has 4 rings (SSSR count). The van der Waals surface area contributed by atoms with E-state index in [2.05, 4.69) is 5.32 Å². The van der Waals surface area contributed by atoms with E-state index in [0.29, 0.717) is 25.7 Å². The summed E-state index contributed by atoms with van der Waals surface area (Å²) in [5.74, 6) is -2.00. The number of nitrogens with zero attached hydrogens (tertiary/aromatic N) is 2. The molecule has 0 radical (unpaired) electrons. The van der Waals surface area contributed by atoms with Gasteiger partial charge in [0.15, 0.2) is 0 Å². The van der Waals surface area contributed by atoms with Crippen molar-refractivity contribution in [1.82, 2.24) is 4.31 Å². The zero-order valence-electron chi connectivity index (χ0n) is 17.5. The third-order valence-corrected chi connectivity index (χ3v) is 7.76. The molecule has 0 unspecified atom stereocenters. The molecule has 166 valence electrons. The van der Waals surface area contributed by atoms with Crippen molar-refractivity contribution in [3.05, 3.63) is 53.6 Å². The van der Waals surface area contributed by atoms with E-state index in [0.717, 1.165) is 30.2 Å². The van der Waals surface area contributed by atoms with Crippen LogP contribution in [0.2, 0.25) is 0 Å². The summed E-state index contributed by atoms with van der Waals surface area (Å²) in [7, 11) is -3.54. The van der Waals surface area contributed by atoms with E-state index in [9.17, 15) is 22.0 Å². The largest absolute Gasteiger partial charge is 0.361 e. The molecule has 1 fully saturated rings. The van der Waals surface area contributed by atoms with Crippen molar-refractivity contribution in [2.75, 3.05) is 36.4 Å². The molecule has 9 heteroatoms. The summed E-state index contributed by atoms with van der Waals surface area (Å²) in [5.41, 5.74) is 1.18. The Balaban J connectivity index is 1.55. The summed E-state index contributed by atoms with van der Waals surface area (Å²) in [5, 5.41) is 2.47. The molecule has 0 aliphatic carbocycles. The van der Waals surface area contributed by atoms with Crippen molar-refractivity contribution in [3.8, 4) is 0 Å². The Morgan fingerprint density at radius 1 is 1.10 bits per heavy atom. The maximum absolute atomic E-state index is 13.8. The number of hydrogen-bond acceptors (Lipinski definition) is 4. The van der Waals surface area contributed by atoms with E-state index in [-0.39, 0.29) is 22.5 Å². The summed E-state index contributed by atoms with van der Waals surface area (Å²) in [6, 6.07) is 8.00. The van der Waals surface area contributed by atoms with Crippen LogP contribution in [0, 0.1) is 11.6 Å². The zero-order chi connectivity index (χ0) is 22.4. The first-order valence-corrected chi connectivity index (χ1v) is 11.7. The Kier molecular flexibility index (Phi) is 5.51. The van der Waals surface area contributed by atoms with Crippen LogP contribution in [0.5, 0.6) is 0 Å². The summed E-state index contributed by atoms with van der Waals surface area (Å²) >= 11 is 0. The lowest BCUT2D eigenvalue weighted by Crippen LogP contribution is -2.35. The average molecular weight is 450 g/mol. The van der Waals surface area contributed by atoms with Gasteiger partial charge in [-0.2, -0.15) is 4.31 Å². The second-order valence-electron chi connectivity index (χ2n) is 8.70. The first-order valence-electron chi connectivity index (χ1n) is 10.2. The predicted molar refractivity (Wildman–Crippen MR) is 115 cm³/mol. The fraction of sp³-hybridized carbons (Fsp3) is 0.409. The molecule has 6 nitrogen and oxygen atoms in total. The summed E-state index contributed by atoms with van der Waals surface area (Å²) in [6.07, 6.45) is 1.74. The lowest BCUT2D eigenvalue weighted by Gasteiger charge is -2.22. The molecule has 31 heavy (non-hydrogen) atoms. The van der Waals surface area contributed by atoms with Gasteiger partial charge in [0.2, 0.25) is 15.9 Å². The van der Waals surface area contributed by atoms with Gasteiger partial charge >= 0.3 is 0 Å². The molecular formula is C22H25F2N3O3S. The smallest absolute Gasteiger partial charge is 0.243 e. The fourth-order valence-electron chi connectivity index (χ4n) is 4.31. The number of anilines is 2. The first kappa shape index (κ1) is 21.7. The van der Waals surface area contributed by atoms with Gasteiger partial charge in [0.1, 0.15) is 11.6 Å². The van der Waals surface area contributed by atoms with Gasteiger partial charge in [-0.3, -0.25) is 4.79 Å². The standard InChI is InChI=1S/C22H25F2N3O3S/c1-22(2)14-26(13-21(28)25-19-7-5-15(23)11-18(19)24)20-8-6-16(12-17(20)22)31(29,30)27-9-3-4-10-27/h5-8,11-12H,3-4,9-10,13-14H2,1-2H3,(H,25,28). The molecule has 1 N–H and O–H groups in total. The van der Waals surface area contributed by atoms with Crippen LogP contribution in [-0.4, -0.2) is 44.8 Å². The Bertz CT molecular complexity index is 1130. The maximum Gasteiger partial charge on any atom is 0.243 e. The number of sulfonamides is 1. The van der Waals surface area contributed by atoms with E-state index in [1.807, 2.05) is 18.7 Å². The molecule has 2 aliphatic rings. The number of benzene rings is 2. The number of fused-ring (bicyclic) bond motifs is 1. The van der Waals surface area contributed by atoms with Crippen molar-refractivity contribution >= 4 is 27.3 Å². The summed E-state index contributed by atoms with van der Waals surface area (Å²) in [6.45, 7) is 5.54. The molecule has 2 aliphatic heterocycles. The van der Waals surface area contributed by atoms with Gasteiger partial charge in [-0.25, -0.2) is 17.2 Å². The van der Waals surface area contributed by atoms with Crippen molar-refractivity contribution in [1.29, 1.82) is 0 Å². The van der Waals surface area contributed by atoms with E-state index >= 15 is 0 Å². The van der Waals surface area contributed by atoms with Crippen LogP contribution in [0.4, 0.5) is 20.2 Å². The lowest BCUT2D eigenvalue weighted by molar-refractivity contribution is -0.115. The van der Waals surface area contributed by atoms with Gasteiger partial charge in [-0.05, 0) is 48.7 Å². The number of carbonyl (C=O) groups is 1. The van der Waals surface area contributed by atoms with Crippen molar-refractivity contribution < 1.29 is 22.0 Å². The Labute approximate surface area is 180 Å². The van der Waals surface area contributed by atoms with Gasteiger partial charge in [0, 0.05) is 36.8 Å². The quantitative estimate of drug-likeness (QED) is 0.759. The number of nitrogens with one attached hydrogen (secondary N) is 1. The molecule has 2 aromatic carbocycles. The van der Waals surface area contributed by atoms with Gasteiger partial charge in [-0.1, -0.05) is 13.8 Å². The third-order valence-electron chi connectivity index (χ3n) is 5.87. The minimum Gasteiger partial charge on any atom is -0.361 e. The van der Waals surface area contributed by atoms with E-state index in [1.165, 1.54) is 10.4 Å². The second-order valence-corrected chi connectivity index (χ2v) is 10.6. The van der Waals surface area contributed by atoms with Gasteiger partial charge in [0.25, 0.3) is 0 Å². The lowest BCUT2D eigenvalue weighted by atomic mass is 9.87. The molecule has 1 saturated heterocycles. The minimum absolute atomic E-state index is 0.0362. The maximum atomic E-state index is 13.8. The second kappa shape index (κ2) is 7.87. The number of rotatable bonds is 5. The average Bonchev–Trinajstić information content (AvgIpc) is 3.32. The summed E-state index contributed by atoms with van der Waals surface area (Å²) < 4.78 is 54.3. The Morgan fingerprint density at radius 2 is 1.81 bits per heavy atom. The highest BCUT2D eigenvalue weighted by molar-refractivity contribution is 7.89. The van der Waals surface area contributed by atoms with Crippen molar-refractivity contribution in [3.63, 3.8) is 0 Å². The zero-order valence-corrected chi connectivity index (χ0v) is 18.3. The molecule has 2 aromatic rings. The number of carbonyl (C=O) groups excluding carboxylic acids is 1. The molecule has 2 heterocycles. The minimum atomic E-state index is -3.54. The molecule has 0 bridgehead atoms. The van der Waals surface area contributed by atoms with Crippen LogP contribution < -0.4 is 10.2 Å². The highest BCUT2D eigenvalue weighted by atomic mass is 32.2. The molecule has 0 saturated carbocycles.